The second-order valence-electron chi connectivity index (χ2n) is 4.73. The molecule has 0 atom stereocenters. The second-order valence-corrected chi connectivity index (χ2v) is 5.14. The van der Waals surface area contributed by atoms with Crippen molar-refractivity contribution in [3.8, 4) is 0 Å². The fourth-order valence-electron chi connectivity index (χ4n) is 2.43. The van der Waals surface area contributed by atoms with Crippen LogP contribution in [0, 0.1) is 0 Å². The number of benzene rings is 1. The first-order valence-corrected chi connectivity index (χ1v) is 6.95. The molecule has 1 heterocycles. The minimum atomic E-state index is 0.203. The van der Waals surface area contributed by atoms with Crippen LogP contribution in [0.25, 0.3) is 0 Å². The molecule has 0 bridgehead atoms. The zero-order valence-electron chi connectivity index (χ0n) is 10.9. The molecule has 0 aliphatic carbocycles. The Morgan fingerprint density at radius 2 is 2.11 bits per heavy atom. The SMILES string of the molecule is O=Cc1ccc(N2CCCN(CCO)CC2)c(Cl)c1. The summed E-state index contributed by atoms with van der Waals surface area (Å²) in [5, 5.41) is 9.61. The van der Waals surface area contributed by atoms with Crippen molar-refractivity contribution in [3.05, 3.63) is 28.8 Å². The van der Waals surface area contributed by atoms with Crippen molar-refractivity contribution in [1.82, 2.24) is 4.90 Å². The maximum absolute atomic E-state index is 10.7. The number of anilines is 1. The van der Waals surface area contributed by atoms with Crippen LogP contribution in [0.5, 0.6) is 0 Å². The van der Waals surface area contributed by atoms with Gasteiger partial charge in [0.2, 0.25) is 0 Å². The lowest BCUT2D eigenvalue weighted by atomic mass is 10.2. The third kappa shape index (κ3) is 3.69. The molecule has 1 aliphatic heterocycles. The van der Waals surface area contributed by atoms with E-state index in [-0.39, 0.29) is 6.61 Å². The van der Waals surface area contributed by atoms with Crippen molar-refractivity contribution < 1.29 is 9.90 Å². The number of hydrogen-bond donors (Lipinski definition) is 1. The van der Waals surface area contributed by atoms with Crippen LogP contribution in [0.4, 0.5) is 5.69 Å². The number of hydrogen-bond acceptors (Lipinski definition) is 4. The predicted octanol–water partition coefficient (Wildman–Crippen LogP) is 1.66. The Balaban J connectivity index is 2.07. The monoisotopic (exact) mass is 282 g/mol. The highest BCUT2D eigenvalue weighted by atomic mass is 35.5. The fraction of sp³-hybridized carbons (Fsp3) is 0.500. The van der Waals surface area contributed by atoms with Crippen LogP contribution in [0.3, 0.4) is 0 Å². The summed E-state index contributed by atoms with van der Waals surface area (Å²) < 4.78 is 0. The number of rotatable bonds is 4. The van der Waals surface area contributed by atoms with Crippen LogP contribution in [-0.2, 0) is 0 Å². The number of aliphatic hydroxyl groups is 1. The van der Waals surface area contributed by atoms with Gasteiger partial charge >= 0.3 is 0 Å². The van der Waals surface area contributed by atoms with Crippen molar-refractivity contribution in [2.75, 3.05) is 44.2 Å². The molecule has 19 heavy (non-hydrogen) atoms. The van der Waals surface area contributed by atoms with Crippen LogP contribution in [0.2, 0.25) is 5.02 Å². The molecule has 1 N–H and O–H groups in total. The highest BCUT2D eigenvalue weighted by molar-refractivity contribution is 6.33. The Bertz CT molecular complexity index is 439. The first-order chi connectivity index (χ1) is 9.24. The number of carbonyl (C=O) groups excluding carboxylic acids is 1. The molecular weight excluding hydrogens is 264 g/mol. The molecule has 5 heteroatoms. The summed E-state index contributed by atoms with van der Waals surface area (Å²) in [5.74, 6) is 0. The van der Waals surface area contributed by atoms with Gasteiger partial charge in [-0.2, -0.15) is 0 Å². The zero-order chi connectivity index (χ0) is 13.7. The van der Waals surface area contributed by atoms with Gasteiger partial charge in [0.15, 0.2) is 0 Å². The van der Waals surface area contributed by atoms with E-state index >= 15 is 0 Å². The summed E-state index contributed by atoms with van der Waals surface area (Å²) in [7, 11) is 0. The molecule has 1 saturated heterocycles. The molecule has 104 valence electrons. The smallest absolute Gasteiger partial charge is 0.150 e. The largest absolute Gasteiger partial charge is 0.395 e. The van der Waals surface area contributed by atoms with Gasteiger partial charge in [-0.3, -0.25) is 9.69 Å². The van der Waals surface area contributed by atoms with Crippen LogP contribution in [0.1, 0.15) is 16.8 Å². The van der Waals surface area contributed by atoms with E-state index in [0.717, 1.165) is 51.1 Å². The maximum atomic E-state index is 10.7. The maximum Gasteiger partial charge on any atom is 0.150 e. The van der Waals surface area contributed by atoms with Gasteiger partial charge in [-0.15, -0.1) is 0 Å². The third-order valence-electron chi connectivity index (χ3n) is 3.45. The number of carbonyl (C=O) groups is 1. The van der Waals surface area contributed by atoms with E-state index < -0.39 is 0 Å². The molecule has 1 fully saturated rings. The van der Waals surface area contributed by atoms with Crippen molar-refractivity contribution in [2.24, 2.45) is 0 Å². The average Bonchev–Trinajstić information content (AvgIpc) is 2.65. The number of aldehydes is 1. The molecule has 0 amide bonds. The van der Waals surface area contributed by atoms with Crippen molar-refractivity contribution in [2.45, 2.75) is 6.42 Å². The first kappa shape index (κ1) is 14.3. The Hall–Kier alpha value is -1.10. The number of β-amino-alcohol motifs (C(OH)–C–C–N with tert-alkyl or cyclic N) is 1. The Labute approximate surface area is 118 Å². The van der Waals surface area contributed by atoms with Crippen LogP contribution >= 0.6 is 11.6 Å². The molecule has 0 spiro atoms. The molecule has 4 nitrogen and oxygen atoms in total. The van der Waals surface area contributed by atoms with Gasteiger partial charge < -0.3 is 10.0 Å². The minimum Gasteiger partial charge on any atom is -0.395 e. The van der Waals surface area contributed by atoms with Gasteiger partial charge in [-0.25, -0.2) is 0 Å². The highest BCUT2D eigenvalue weighted by Gasteiger charge is 2.16. The number of halogens is 1. The summed E-state index contributed by atoms with van der Waals surface area (Å²) in [6, 6.07) is 5.42. The van der Waals surface area contributed by atoms with Crippen molar-refractivity contribution in [3.63, 3.8) is 0 Å². The van der Waals surface area contributed by atoms with Crippen LogP contribution in [-0.4, -0.2) is 55.6 Å². The van der Waals surface area contributed by atoms with E-state index in [1.165, 1.54) is 0 Å². The third-order valence-corrected chi connectivity index (χ3v) is 3.76. The van der Waals surface area contributed by atoms with Gasteiger partial charge in [0, 0.05) is 31.7 Å². The van der Waals surface area contributed by atoms with Gasteiger partial charge in [0.1, 0.15) is 6.29 Å². The van der Waals surface area contributed by atoms with E-state index in [4.69, 9.17) is 16.7 Å². The Morgan fingerprint density at radius 3 is 2.79 bits per heavy atom. The van der Waals surface area contributed by atoms with Gasteiger partial charge in [0.05, 0.1) is 17.3 Å². The lowest BCUT2D eigenvalue weighted by Crippen LogP contribution is -2.32. The molecule has 0 unspecified atom stereocenters. The van der Waals surface area contributed by atoms with Crippen LogP contribution < -0.4 is 4.90 Å². The molecule has 1 aliphatic rings. The van der Waals surface area contributed by atoms with Gasteiger partial charge in [0.25, 0.3) is 0 Å². The quantitative estimate of drug-likeness (QED) is 0.853. The van der Waals surface area contributed by atoms with E-state index in [9.17, 15) is 4.79 Å². The molecule has 2 rings (SSSR count). The molecule has 1 aromatic carbocycles. The van der Waals surface area contributed by atoms with Crippen LogP contribution in [0.15, 0.2) is 18.2 Å². The predicted molar refractivity (Wildman–Crippen MR) is 77.2 cm³/mol. The van der Waals surface area contributed by atoms with Gasteiger partial charge in [-0.05, 0) is 31.2 Å². The van der Waals surface area contributed by atoms with E-state index in [1.54, 1.807) is 12.1 Å². The summed E-state index contributed by atoms with van der Waals surface area (Å²) in [6.45, 7) is 4.69. The molecule has 0 saturated carbocycles. The summed E-state index contributed by atoms with van der Waals surface area (Å²) >= 11 is 6.24. The minimum absolute atomic E-state index is 0.203. The molecule has 1 aromatic rings. The lowest BCUT2D eigenvalue weighted by molar-refractivity contribution is 0.112. The molecular formula is C14H19ClN2O2. The normalized spacial score (nSPS) is 17.3. The number of aliphatic hydroxyl groups excluding tert-OH is 1. The Morgan fingerprint density at radius 1 is 1.26 bits per heavy atom. The topological polar surface area (TPSA) is 43.8 Å². The summed E-state index contributed by atoms with van der Waals surface area (Å²) in [4.78, 5) is 15.2. The summed E-state index contributed by atoms with van der Waals surface area (Å²) in [5.41, 5.74) is 1.59. The van der Waals surface area contributed by atoms with Crippen molar-refractivity contribution in [1.29, 1.82) is 0 Å². The zero-order valence-corrected chi connectivity index (χ0v) is 11.6. The van der Waals surface area contributed by atoms with E-state index in [2.05, 4.69) is 9.80 Å². The molecule has 0 radical (unpaired) electrons. The van der Waals surface area contributed by atoms with Crippen molar-refractivity contribution >= 4 is 23.6 Å². The number of nitrogens with zero attached hydrogens (tertiary/aromatic N) is 2. The Kier molecular flexibility index (Phi) is 5.19. The van der Waals surface area contributed by atoms with Gasteiger partial charge in [-0.1, -0.05) is 11.6 Å². The molecule has 0 aromatic heterocycles. The highest BCUT2D eigenvalue weighted by Crippen LogP contribution is 2.27. The van der Waals surface area contributed by atoms with E-state index in [1.807, 2.05) is 6.07 Å². The lowest BCUT2D eigenvalue weighted by Gasteiger charge is -2.24. The average molecular weight is 283 g/mol. The summed E-state index contributed by atoms with van der Waals surface area (Å²) in [6.07, 6.45) is 1.85. The fourth-order valence-corrected chi connectivity index (χ4v) is 2.74. The van der Waals surface area contributed by atoms with E-state index in [0.29, 0.717) is 10.6 Å². The standard InChI is InChI=1S/C14H19ClN2O2/c15-13-10-12(11-19)2-3-14(13)17-5-1-4-16(6-7-17)8-9-18/h2-3,10-11,18H,1,4-9H2. The second kappa shape index (κ2) is 6.89. The first-order valence-electron chi connectivity index (χ1n) is 6.57.